The molecule has 14 rings (SSSR count). The number of aliphatic hydroxyl groups is 3. The van der Waals surface area contributed by atoms with Gasteiger partial charge in [-0.1, -0.05) is 116 Å². The van der Waals surface area contributed by atoms with E-state index in [-0.39, 0.29) is 73.0 Å². The minimum absolute atomic E-state index is 0.0112. The molecule has 5 aliphatic heterocycles. The van der Waals surface area contributed by atoms with Crippen molar-refractivity contribution in [2.75, 3.05) is 6.61 Å². The van der Waals surface area contributed by atoms with Crippen LogP contribution in [-0.4, -0.2) is 62.9 Å². The molecule has 0 aromatic heterocycles. The maximum atomic E-state index is 14.5. The number of hydrogen-bond acceptors (Lipinski definition) is 9. The van der Waals surface area contributed by atoms with Gasteiger partial charge in [-0.2, -0.15) is 8.42 Å². The van der Waals surface area contributed by atoms with Gasteiger partial charge in [0.1, 0.15) is 17.6 Å². The predicted molar refractivity (Wildman–Crippen MR) is 304 cm³/mol. The van der Waals surface area contributed by atoms with Crippen molar-refractivity contribution < 1.29 is 42.9 Å². The van der Waals surface area contributed by atoms with Crippen molar-refractivity contribution in [3.8, 4) is 23.3 Å². The molecule has 4 aliphatic carbocycles. The normalized spacial score (nSPS) is 33.8. The molecule has 79 heavy (non-hydrogen) atoms. The van der Waals surface area contributed by atoms with E-state index in [4.69, 9.17) is 25.9 Å². The van der Waals surface area contributed by atoms with E-state index in [2.05, 4.69) is 73.4 Å². The molecule has 1 saturated heterocycles. The highest BCUT2D eigenvalue weighted by Gasteiger charge is 2.60. The van der Waals surface area contributed by atoms with E-state index in [0.29, 0.717) is 61.8 Å². The van der Waals surface area contributed by atoms with Crippen LogP contribution in [0.1, 0.15) is 151 Å². The smallest absolute Gasteiger partial charge is 0.268 e. The van der Waals surface area contributed by atoms with Crippen LogP contribution in [0.25, 0.3) is 0 Å². The number of rotatable bonds is 8. The van der Waals surface area contributed by atoms with Crippen molar-refractivity contribution >= 4 is 16.1 Å². The molecule has 13 heteroatoms. The number of aliphatic hydroxyl groups excluding tert-OH is 2. The third-order valence-electron chi connectivity index (χ3n) is 20.0. The van der Waals surface area contributed by atoms with Crippen molar-refractivity contribution in [3.05, 3.63) is 177 Å². The van der Waals surface area contributed by atoms with Crippen molar-refractivity contribution in [1.29, 1.82) is 0 Å². The average Bonchev–Trinajstić information content (AvgIpc) is 3.54. The molecule has 15 atom stereocenters. The lowest BCUT2D eigenvalue weighted by atomic mass is 9.53. The molecule has 3 fully saturated rings. The summed E-state index contributed by atoms with van der Waals surface area (Å²) in [4.78, 5) is 5.31. The van der Waals surface area contributed by atoms with Crippen LogP contribution in [0.15, 0.2) is 132 Å². The first-order valence-electron chi connectivity index (χ1n) is 28.8. The van der Waals surface area contributed by atoms with E-state index in [1.807, 2.05) is 54.6 Å². The van der Waals surface area contributed by atoms with Gasteiger partial charge in [-0.25, -0.2) is 4.99 Å². The van der Waals surface area contributed by atoms with Gasteiger partial charge in [-0.15, -0.1) is 0 Å². The van der Waals surface area contributed by atoms with E-state index in [9.17, 15) is 33.4 Å². The number of aliphatic imine (C=N–C) groups is 1. The zero-order valence-electron chi connectivity index (χ0n) is 45.0. The van der Waals surface area contributed by atoms with Crippen molar-refractivity contribution in [2.45, 2.75) is 144 Å². The van der Waals surface area contributed by atoms with Gasteiger partial charge in [0.15, 0.2) is 5.96 Å². The summed E-state index contributed by atoms with van der Waals surface area (Å²) in [5, 5.41) is 44.0. The first-order chi connectivity index (χ1) is 38.1. The molecule has 0 amide bonds. The van der Waals surface area contributed by atoms with Gasteiger partial charge in [-0.05, 0) is 182 Å². The summed E-state index contributed by atoms with van der Waals surface area (Å²) >= 11 is 0. The number of hydrogen-bond donors (Lipinski definition) is 7. The van der Waals surface area contributed by atoms with Crippen LogP contribution < -0.4 is 16.2 Å². The Balaban J connectivity index is 1.05. The largest absolute Gasteiger partial charge is 0.508 e. The fourth-order valence-electron chi connectivity index (χ4n) is 16.2. The molecule has 5 heterocycles. The summed E-state index contributed by atoms with van der Waals surface area (Å²) in [6, 6.07) is 38.0. The standard InChI is InChI=1S/C66H75N3O9S/c1-39-10-13-46-32-53-24-26-55(46)57(39)35-61(79(74,75)76)58-34-49-30-48(33-54-28-42(38-71)8-5-9-45-31-52(72)23-25-56(45)63(49)77-54)62(58)44-16-20-51(21-17-44)66(78-53,69-64(67)68)59-27-22-50-19-18-47(43-14-11-41(37-70)12-15-43)36-65(50,73)60(59)29-40-6-3-2-4-7-40/h2-4,6-7,11-12,14-17,20-21,23-26,31-32,34,39,42,47-48,50,54,57-63,70-73H,8,10,13,18-19,22,27-30,33,35-38H2,1H3,(H4,67,68,69)(H,74,75,76). The van der Waals surface area contributed by atoms with Crippen molar-refractivity contribution in [1.82, 2.24) is 0 Å². The molecular formula is C66H75N3O9S. The number of ether oxygens (including phenoxy) is 2. The van der Waals surface area contributed by atoms with Crippen molar-refractivity contribution in [3.63, 3.8) is 0 Å². The summed E-state index contributed by atoms with van der Waals surface area (Å²) in [7, 11) is -4.70. The summed E-state index contributed by atoms with van der Waals surface area (Å²) < 4.78 is 55.6. The number of phenolic OH excluding ortho intramolecular Hbond substituents is 1. The van der Waals surface area contributed by atoms with E-state index < -0.39 is 56.5 Å². The number of allylic oxidation sites excluding steroid dienone is 1. The van der Waals surface area contributed by atoms with E-state index in [1.165, 1.54) is 0 Å². The molecular weight excluding hydrogens is 1010 g/mol. The summed E-state index contributed by atoms with van der Waals surface area (Å²) in [5.41, 5.74) is 19.7. The number of fused-ring (bicyclic) bond motifs is 10. The Morgan fingerprint density at radius 3 is 2.34 bits per heavy atom. The summed E-state index contributed by atoms with van der Waals surface area (Å²) in [5.74, 6) is 4.72. The monoisotopic (exact) mass is 1090 g/mol. The third kappa shape index (κ3) is 10.2. The number of phenols is 1. The van der Waals surface area contributed by atoms with Crippen LogP contribution in [0.3, 0.4) is 0 Å². The number of guanidine groups is 1. The zero-order chi connectivity index (χ0) is 54.8. The molecule has 9 N–H and O–H groups in total. The SMILES string of the molecule is CC1CCc2cc3ccc2C1CC(S(=O)(=O)O)C1C=C2CC(CC4CC(CO)CC#Cc5cc(O)ccc5C2O4)C1c1ccc(cc1)C(N=C(N)N)(C1CCC2CCC(c4ccc(CO)cc4)CC2(O)C1Cc1ccccc1)O3. The summed E-state index contributed by atoms with van der Waals surface area (Å²) in [6.07, 6.45) is 9.23. The van der Waals surface area contributed by atoms with Crippen LogP contribution in [-0.2, 0) is 40.0 Å². The topological polar surface area (TPSA) is 218 Å². The van der Waals surface area contributed by atoms with Gasteiger partial charge in [0.2, 0.25) is 5.72 Å². The van der Waals surface area contributed by atoms with Gasteiger partial charge in [-0.3, -0.25) is 4.55 Å². The highest BCUT2D eigenvalue weighted by molar-refractivity contribution is 7.86. The van der Waals surface area contributed by atoms with Crippen LogP contribution in [0.5, 0.6) is 11.5 Å². The molecule has 5 aromatic rings. The first-order valence-corrected chi connectivity index (χ1v) is 30.3. The Bertz CT molecular complexity index is 3300. The fourth-order valence-corrected chi connectivity index (χ4v) is 17.3. The Kier molecular flexibility index (Phi) is 14.6. The van der Waals surface area contributed by atoms with E-state index >= 15 is 0 Å². The number of nitrogens with zero attached hydrogens (tertiary/aromatic N) is 1. The average molecular weight is 1090 g/mol. The number of nitrogens with two attached hydrogens (primary N) is 2. The predicted octanol–water partition coefficient (Wildman–Crippen LogP) is 10.2. The maximum absolute atomic E-state index is 14.5. The zero-order valence-corrected chi connectivity index (χ0v) is 45.9. The Morgan fingerprint density at radius 1 is 0.835 bits per heavy atom. The molecule has 0 radical (unpaired) electrons. The van der Waals surface area contributed by atoms with Gasteiger partial charge in [0.05, 0.1) is 23.6 Å². The highest BCUT2D eigenvalue weighted by Crippen LogP contribution is 2.60. The molecule has 414 valence electrons. The Morgan fingerprint density at radius 2 is 1.59 bits per heavy atom. The lowest BCUT2D eigenvalue weighted by molar-refractivity contribution is -0.177. The van der Waals surface area contributed by atoms with Gasteiger partial charge in [0, 0.05) is 47.5 Å². The molecule has 2 saturated carbocycles. The second-order valence-electron chi connectivity index (χ2n) is 24.5. The quantitative estimate of drug-likeness (QED) is 0.0255. The highest BCUT2D eigenvalue weighted by atomic mass is 32.2. The van der Waals surface area contributed by atoms with Crippen LogP contribution in [0.2, 0.25) is 0 Å². The Labute approximate surface area is 465 Å². The van der Waals surface area contributed by atoms with E-state index in [1.54, 1.807) is 12.1 Å². The maximum Gasteiger partial charge on any atom is 0.268 e. The van der Waals surface area contributed by atoms with Crippen LogP contribution in [0, 0.1) is 53.3 Å². The molecule has 12 nitrogen and oxygen atoms in total. The first kappa shape index (κ1) is 53.7. The van der Waals surface area contributed by atoms with Gasteiger partial charge < -0.3 is 41.4 Å². The van der Waals surface area contributed by atoms with Gasteiger partial charge in [0.25, 0.3) is 10.1 Å². The Hall–Kier alpha value is -5.98. The second-order valence-corrected chi connectivity index (χ2v) is 26.2. The molecule has 10 bridgehead atoms. The minimum Gasteiger partial charge on any atom is -0.508 e. The fraction of sp³-hybridized carbons (Fsp3) is 0.470. The van der Waals surface area contributed by atoms with Crippen molar-refractivity contribution in [2.24, 2.45) is 57.9 Å². The number of benzene rings is 5. The summed E-state index contributed by atoms with van der Waals surface area (Å²) in [6.45, 7) is 2.06. The number of aryl methyl sites for hydroxylation is 1. The second kappa shape index (κ2) is 21.5. The molecule has 15 unspecified atom stereocenters. The molecule has 0 spiro atoms. The lowest BCUT2D eigenvalue weighted by Crippen LogP contribution is -2.60. The molecule has 5 aromatic carbocycles. The van der Waals surface area contributed by atoms with Gasteiger partial charge >= 0.3 is 0 Å². The van der Waals surface area contributed by atoms with Crippen LogP contribution >= 0.6 is 0 Å². The third-order valence-corrected chi connectivity index (χ3v) is 21.3. The van der Waals surface area contributed by atoms with Crippen LogP contribution in [0.4, 0.5) is 0 Å². The van der Waals surface area contributed by atoms with E-state index in [0.717, 1.165) is 76.6 Å². The molecule has 9 aliphatic rings. The minimum atomic E-state index is -4.70. The number of aromatic hydroxyl groups is 1. The lowest BCUT2D eigenvalue weighted by Gasteiger charge is -2.57.